The fourth-order valence-electron chi connectivity index (χ4n) is 1.23. The molecule has 0 N–H and O–H groups in total. The minimum absolute atomic E-state index is 0.0642. The van der Waals surface area contributed by atoms with Gasteiger partial charge in [0.05, 0.1) is 9.88 Å². The topological polar surface area (TPSA) is 22.1 Å². The highest BCUT2D eigenvalue weighted by Crippen LogP contribution is 2.29. The summed E-state index contributed by atoms with van der Waals surface area (Å²) in [7, 11) is 0. The lowest BCUT2D eigenvalue weighted by Gasteiger charge is -2.27. The Morgan fingerprint density at radius 2 is 1.86 bits per heavy atom. The molecule has 0 aliphatic heterocycles. The molecule has 0 saturated carbocycles. The lowest BCUT2D eigenvalue weighted by molar-refractivity contribution is 0.0746. The van der Waals surface area contributed by atoms with Gasteiger partial charge in [0.2, 0.25) is 5.88 Å². The molecule has 3 heteroatoms. The molecular weight excluding hydrogens is 194 g/mol. The van der Waals surface area contributed by atoms with Gasteiger partial charge in [-0.1, -0.05) is 13.8 Å². The van der Waals surface area contributed by atoms with E-state index in [0.29, 0.717) is 0 Å². The van der Waals surface area contributed by atoms with E-state index in [2.05, 4.69) is 32.7 Å². The molecular formula is C11H19NOS. The van der Waals surface area contributed by atoms with Gasteiger partial charge in [-0.05, 0) is 33.6 Å². The van der Waals surface area contributed by atoms with E-state index in [1.54, 1.807) is 11.3 Å². The summed E-state index contributed by atoms with van der Waals surface area (Å²) in [4.78, 5) is 5.56. The predicted octanol–water partition coefficient (Wildman–Crippen LogP) is 3.72. The Labute approximate surface area is 90.3 Å². The molecule has 0 radical (unpaired) electrons. The zero-order valence-corrected chi connectivity index (χ0v) is 10.5. The first-order valence-corrected chi connectivity index (χ1v) is 5.95. The Kier molecular flexibility index (Phi) is 3.53. The van der Waals surface area contributed by atoms with Crippen LogP contribution in [-0.2, 0) is 0 Å². The number of aryl methyl sites for hydroxylation is 2. The SMILES string of the molecule is CCC(C)(CC)Oc1nc(C)sc1C. The van der Waals surface area contributed by atoms with E-state index in [0.717, 1.165) is 23.7 Å². The Bertz CT molecular complexity index is 302. The average molecular weight is 213 g/mol. The number of nitrogens with zero attached hydrogens (tertiary/aromatic N) is 1. The van der Waals surface area contributed by atoms with Gasteiger partial charge in [-0.3, -0.25) is 0 Å². The molecule has 0 spiro atoms. The van der Waals surface area contributed by atoms with Crippen LogP contribution in [0.2, 0.25) is 0 Å². The molecule has 1 aromatic heterocycles. The zero-order valence-electron chi connectivity index (χ0n) is 9.68. The Morgan fingerprint density at radius 1 is 1.29 bits per heavy atom. The molecule has 14 heavy (non-hydrogen) atoms. The lowest BCUT2D eigenvalue weighted by Crippen LogP contribution is -2.30. The number of hydrogen-bond acceptors (Lipinski definition) is 3. The third-order valence-electron chi connectivity index (χ3n) is 2.70. The molecule has 0 aliphatic carbocycles. The van der Waals surface area contributed by atoms with Crippen LogP contribution in [0.4, 0.5) is 0 Å². The lowest BCUT2D eigenvalue weighted by atomic mass is 10.0. The van der Waals surface area contributed by atoms with Crippen molar-refractivity contribution in [3.63, 3.8) is 0 Å². The van der Waals surface area contributed by atoms with Crippen molar-refractivity contribution >= 4 is 11.3 Å². The molecule has 0 unspecified atom stereocenters. The minimum Gasteiger partial charge on any atom is -0.471 e. The summed E-state index contributed by atoms with van der Waals surface area (Å²) in [5, 5.41) is 1.08. The summed E-state index contributed by atoms with van der Waals surface area (Å²) in [5.74, 6) is 0.818. The van der Waals surface area contributed by atoms with Crippen LogP contribution in [0.3, 0.4) is 0 Å². The van der Waals surface area contributed by atoms with Crippen LogP contribution in [0.25, 0.3) is 0 Å². The van der Waals surface area contributed by atoms with Gasteiger partial charge < -0.3 is 4.74 Å². The first kappa shape index (κ1) is 11.5. The molecule has 0 saturated heterocycles. The van der Waals surface area contributed by atoms with Crippen molar-refractivity contribution < 1.29 is 4.74 Å². The number of ether oxygens (including phenoxy) is 1. The van der Waals surface area contributed by atoms with Crippen molar-refractivity contribution in [2.45, 2.75) is 53.1 Å². The third-order valence-corrected chi connectivity index (χ3v) is 3.57. The summed E-state index contributed by atoms with van der Waals surface area (Å²) >= 11 is 1.69. The molecule has 1 aromatic rings. The summed E-state index contributed by atoms with van der Waals surface area (Å²) in [5.41, 5.74) is -0.0642. The Balaban J connectivity index is 2.81. The van der Waals surface area contributed by atoms with Crippen LogP contribution in [0.1, 0.15) is 43.5 Å². The van der Waals surface area contributed by atoms with E-state index in [4.69, 9.17) is 4.74 Å². The second-order valence-corrected chi connectivity index (χ2v) is 5.26. The molecule has 0 atom stereocenters. The zero-order chi connectivity index (χ0) is 10.8. The second-order valence-electron chi connectivity index (χ2n) is 3.85. The van der Waals surface area contributed by atoms with E-state index in [1.165, 1.54) is 4.88 Å². The second kappa shape index (κ2) is 4.30. The van der Waals surface area contributed by atoms with Gasteiger partial charge in [0.25, 0.3) is 0 Å². The normalized spacial score (nSPS) is 11.8. The van der Waals surface area contributed by atoms with Gasteiger partial charge in [0, 0.05) is 0 Å². The molecule has 0 fully saturated rings. The summed E-state index contributed by atoms with van der Waals surface area (Å²) in [6.45, 7) is 10.5. The molecule has 0 bridgehead atoms. The average Bonchev–Trinajstić information content (AvgIpc) is 2.45. The molecule has 1 rings (SSSR count). The summed E-state index contributed by atoms with van der Waals surface area (Å²) < 4.78 is 5.95. The van der Waals surface area contributed by atoms with Crippen LogP contribution in [0.5, 0.6) is 5.88 Å². The van der Waals surface area contributed by atoms with Gasteiger partial charge in [-0.25, -0.2) is 4.98 Å². The minimum atomic E-state index is -0.0642. The van der Waals surface area contributed by atoms with E-state index >= 15 is 0 Å². The molecule has 0 aliphatic rings. The van der Waals surface area contributed by atoms with E-state index in [9.17, 15) is 0 Å². The first-order chi connectivity index (χ1) is 6.50. The Morgan fingerprint density at radius 3 is 2.21 bits per heavy atom. The van der Waals surface area contributed by atoms with Gasteiger partial charge >= 0.3 is 0 Å². The molecule has 0 aromatic carbocycles. The van der Waals surface area contributed by atoms with Crippen LogP contribution >= 0.6 is 11.3 Å². The number of thiazole rings is 1. The van der Waals surface area contributed by atoms with Crippen molar-refractivity contribution in [1.82, 2.24) is 4.98 Å². The highest BCUT2D eigenvalue weighted by atomic mass is 32.1. The number of aromatic nitrogens is 1. The predicted molar refractivity (Wildman–Crippen MR) is 61.2 cm³/mol. The van der Waals surface area contributed by atoms with Gasteiger partial charge in [0.15, 0.2) is 0 Å². The van der Waals surface area contributed by atoms with Crippen molar-refractivity contribution in [3.05, 3.63) is 9.88 Å². The van der Waals surface area contributed by atoms with E-state index in [-0.39, 0.29) is 5.60 Å². The van der Waals surface area contributed by atoms with Crippen LogP contribution < -0.4 is 4.74 Å². The monoisotopic (exact) mass is 213 g/mol. The maximum Gasteiger partial charge on any atom is 0.228 e. The Hall–Kier alpha value is -0.570. The van der Waals surface area contributed by atoms with Crippen LogP contribution in [-0.4, -0.2) is 10.6 Å². The van der Waals surface area contributed by atoms with Crippen molar-refractivity contribution in [3.8, 4) is 5.88 Å². The molecule has 2 nitrogen and oxygen atoms in total. The van der Waals surface area contributed by atoms with Crippen LogP contribution in [0.15, 0.2) is 0 Å². The number of hydrogen-bond donors (Lipinski definition) is 0. The summed E-state index contributed by atoms with van der Waals surface area (Å²) in [6, 6.07) is 0. The number of rotatable bonds is 4. The van der Waals surface area contributed by atoms with E-state index in [1.807, 2.05) is 6.92 Å². The van der Waals surface area contributed by atoms with E-state index < -0.39 is 0 Å². The molecule has 0 amide bonds. The first-order valence-electron chi connectivity index (χ1n) is 5.14. The third kappa shape index (κ3) is 2.47. The van der Waals surface area contributed by atoms with Crippen LogP contribution in [0, 0.1) is 13.8 Å². The maximum atomic E-state index is 5.95. The van der Waals surface area contributed by atoms with Gasteiger partial charge in [-0.15, -0.1) is 11.3 Å². The highest BCUT2D eigenvalue weighted by molar-refractivity contribution is 7.11. The van der Waals surface area contributed by atoms with Crippen molar-refractivity contribution in [1.29, 1.82) is 0 Å². The fraction of sp³-hybridized carbons (Fsp3) is 0.727. The van der Waals surface area contributed by atoms with Crippen molar-refractivity contribution in [2.75, 3.05) is 0 Å². The van der Waals surface area contributed by atoms with Crippen molar-refractivity contribution in [2.24, 2.45) is 0 Å². The molecule has 1 heterocycles. The molecule has 80 valence electrons. The fourth-order valence-corrected chi connectivity index (χ4v) is 1.98. The highest BCUT2D eigenvalue weighted by Gasteiger charge is 2.23. The summed E-state index contributed by atoms with van der Waals surface area (Å²) in [6.07, 6.45) is 2.03. The largest absolute Gasteiger partial charge is 0.471 e. The van der Waals surface area contributed by atoms with Gasteiger partial charge in [0.1, 0.15) is 5.60 Å². The van der Waals surface area contributed by atoms with Gasteiger partial charge in [-0.2, -0.15) is 0 Å². The maximum absolute atomic E-state index is 5.95. The quantitative estimate of drug-likeness (QED) is 0.760. The smallest absolute Gasteiger partial charge is 0.228 e. The standard InChI is InChI=1S/C11H19NOS/c1-6-11(5,7-2)13-10-8(3)14-9(4)12-10/h6-7H2,1-5H3.